The van der Waals surface area contributed by atoms with E-state index in [1.165, 1.54) is 0 Å². The van der Waals surface area contributed by atoms with E-state index in [0.29, 0.717) is 11.6 Å². The molecule has 1 aliphatic carbocycles. The Hall–Kier alpha value is -1.57. The van der Waals surface area contributed by atoms with Crippen molar-refractivity contribution in [2.24, 2.45) is 0 Å². The van der Waals surface area contributed by atoms with Gasteiger partial charge in [-0.3, -0.25) is 9.59 Å². The molecule has 2 rings (SSSR count). The number of nitrogens with zero attached hydrogens (tertiary/aromatic N) is 2. The molecule has 0 unspecified atom stereocenters. The average Bonchev–Trinajstić information content (AvgIpc) is 2.94. The minimum Gasteiger partial charge on any atom is -0.481 e. The lowest BCUT2D eigenvalue weighted by atomic mass is 10.5. The lowest BCUT2D eigenvalue weighted by Gasteiger charge is -1.95. The van der Waals surface area contributed by atoms with Gasteiger partial charge in [-0.05, 0) is 12.8 Å². The second-order valence-electron chi connectivity index (χ2n) is 3.65. The third kappa shape index (κ3) is 3.74. The highest BCUT2D eigenvalue weighted by molar-refractivity contribution is 7.99. The van der Waals surface area contributed by atoms with Gasteiger partial charge in [-0.2, -0.15) is 4.98 Å². The Balaban J connectivity index is 1.82. The topological polar surface area (TPSA) is 105 Å². The van der Waals surface area contributed by atoms with E-state index in [1.807, 2.05) is 0 Å². The molecule has 1 saturated carbocycles. The molecule has 7 nitrogen and oxygen atoms in total. The molecule has 0 spiro atoms. The molecule has 0 aliphatic heterocycles. The van der Waals surface area contributed by atoms with Crippen molar-refractivity contribution in [3.63, 3.8) is 0 Å². The van der Waals surface area contributed by atoms with Gasteiger partial charge in [0.05, 0.1) is 11.5 Å². The molecule has 2 N–H and O–H groups in total. The van der Waals surface area contributed by atoms with Crippen LogP contribution in [0.25, 0.3) is 0 Å². The SMILES string of the molecule is O=C(O)CSCc1noc(C(=O)NC2CC2)n1. The molecule has 1 aliphatic rings. The van der Waals surface area contributed by atoms with Crippen LogP contribution in [0.15, 0.2) is 4.52 Å². The summed E-state index contributed by atoms with van der Waals surface area (Å²) in [5, 5.41) is 14.8. The number of hydrogen-bond acceptors (Lipinski definition) is 6. The van der Waals surface area contributed by atoms with Crippen LogP contribution < -0.4 is 5.32 Å². The van der Waals surface area contributed by atoms with Gasteiger partial charge in [0.15, 0.2) is 5.82 Å². The number of aromatic nitrogens is 2. The number of aliphatic carboxylic acids is 1. The van der Waals surface area contributed by atoms with E-state index in [0.717, 1.165) is 24.6 Å². The highest BCUT2D eigenvalue weighted by Gasteiger charge is 2.26. The average molecular weight is 257 g/mol. The minimum atomic E-state index is -0.898. The smallest absolute Gasteiger partial charge is 0.315 e. The van der Waals surface area contributed by atoms with Crippen LogP contribution >= 0.6 is 11.8 Å². The summed E-state index contributed by atoms with van der Waals surface area (Å²) >= 11 is 1.15. The van der Waals surface area contributed by atoms with Crippen LogP contribution in [-0.4, -0.2) is 38.9 Å². The molecule has 0 aromatic carbocycles. The summed E-state index contributed by atoms with van der Waals surface area (Å²) in [6.45, 7) is 0. The Bertz CT molecular complexity index is 430. The fourth-order valence-electron chi connectivity index (χ4n) is 1.11. The second-order valence-corrected chi connectivity index (χ2v) is 4.64. The van der Waals surface area contributed by atoms with Gasteiger partial charge in [-0.15, -0.1) is 11.8 Å². The highest BCUT2D eigenvalue weighted by atomic mass is 32.2. The fourth-order valence-corrected chi connectivity index (χ4v) is 1.69. The van der Waals surface area contributed by atoms with Crippen LogP contribution in [-0.2, 0) is 10.5 Å². The first-order valence-corrected chi connectivity index (χ1v) is 6.23. The third-order valence-corrected chi connectivity index (χ3v) is 2.94. The predicted molar refractivity (Wildman–Crippen MR) is 58.6 cm³/mol. The van der Waals surface area contributed by atoms with Crippen molar-refractivity contribution in [3.05, 3.63) is 11.7 Å². The quantitative estimate of drug-likeness (QED) is 0.753. The Morgan fingerprint density at radius 3 is 2.94 bits per heavy atom. The van der Waals surface area contributed by atoms with Crippen molar-refractivity contribution in [1.29, 1.82) is 0 Å². The molecule has 1 aromatic heterocycles. The Morgan fingerprint density at radius 1 is 1.53 bits per heavy atom. The highest BCUT2D eigenvalue weighted by Crippen LogP contribution is 2.19. The summed E-state index contributed by atoms with van der Waals surface area (Å²) in [4.78, 5) is 25.6. The lowest BCUT2D eigenvalue weighted by molar-refractivity contribution is -0.133. The summed E-state index contributed by atoms with van der Waals surface area (Å²) in [5.74, 6) is -0.718. The molecule has 1 aromatic rings. The number of nitrogens with one attached hydrogen (secondary N) is 1. The first-order chi connectivity index (χ1) is 8.15. The number of hydrogen-bond donors (Lipinski definition) is 2. The molecule has 0 saturated heterocycles. The molecular formula is C9H11N3O4S. The monoisotopic (exact) mass is 257 g/mol. The summed E-state index contributed by atoms with van der Waals surface area (Å²) in [6.07, 6.45) is 1.97. The third-order valence-electron chi connectivity index (χ3n) is 2.03. The van der Waals surface area contributed by atoms with Crippen LogP contribution in [0.2, 0.25) is 0 Å². The summed E-state index contributed by atoms with van der Waals surface area (Å²) in [5.41, 5.74) is 0. The molecule has 17 heavy (non-hydrogen) atoms. The molecule has 1 heterocycles. The number of amides is 1. The maximum atomic E-state index is 11.5. The van der Waals surface area contributed by atoms with E-state index in [-0.39, 0.29) is 23.6 Å². The second kappa shape index (κ2) is 5.17. The molecule has 0 atom stereocenters. The fraction of sp³-hybridized carbons (Fsp3) is 0.556. The van der Waals surface area contributed by atoms with Crippen molar-refractivity contribution in [3.8, 4) is 0 Å². The van der Waals surface area contributed by atoms with E-state index < -0.39 is 5.97 Å². The van der Waals surface area contributed by atoms with Crippen molar-refractivity contribution in [2.45, 2.75) is 24.6 Å². The van der Waals surface area contributed by atoms with Gasteiger partial charge in [0.1, 0.15) is 0 Å². The normalized spacial score (nSPS) is 14.6. The predicted octanol–water partition coefficient (Wildman–Crippen LogP) is 0.280. The molecule has 0 bridgehead atoms. The van der Waals surface area contributed by atoms with Crippen LogP contribution in [0.3, 0.4) is 0 Å². The van der Waals surface area contributed by atoms with Gasteiger partial charge < -0.3 is 14.9 Å². The van der Waals surface area contributed by atoms with E-state index in [1.54, 1.807) is 0 Å². The Morgan fingerprint density at radius 2 is 2.29 bits per heavy atom. The first kappa shape index (κ1) is 11.9. The van der Waals surface area contributed by atoms with Gasteiger partial charge in [-0.1, -0.05) is 5.16 Å². The summed E-state index contributed by atoms with van der Waals surface area (Å²) in [7, 11) is 0. The van der Waals surface area contributed by atoms with Crippen molar-refractivity contribution in [1.82, 2.24) is 15.5 Å². The zero-order valence-corrected chi connectivity index (χ0v) is 9.70. The van der Waals surface area contributed by atoms with Crippen molar-refractivity contribution in [2.75, 3.05) is 5.75 Å². The van der Waals surface area contributed by atoms with Gasteiger partial charge in [0.25, 0.3) is 0 Å². The number of carboxylic acid groups (broad SMARTS) is 1. The maximum absolute atomic E-state index is 11.5. The number of carboxylic acids is 1. The minimum absolute atomic E-state index is 0.0296. The molecule has 0 radical (unpaired) electrons. The largest absolute Gasteiger partial charge is 0.481 e. The number of carbonyl (C=O) groups excluding carboxylic acids is 1. The summed E-state index contributed by atoms with van der Waals surface area (Å²) in [6, 6.07) is 0.235. The van der Waals surface area contributed by atoms with Crippen molar-refractivity contribution >= 4 is 23.6 Å². The van der Waals surface area contributed by atoms with Gasteiger partial charge in [0.2, 0.25) is 0 Å². The standard InChI is InChI=1S/C9H11N3O4S/c13-7(14)4-17-3-6-11-9(16-12-6)8(15)10-5-1-2-5/h5H,1-4H2,(H,10,15)(H,13,14). The Labute approximate surface area is 101 Å². The van der Waals surface area contributed by atoms with Crippen LogP contribution in [0, 0.1) is 0 Å². The van der Waals surface area contributed by atoms with Gasteiger partial charge in [-0.25, -0.2) is 0 Å². The van der Waals surface area contributed by atoms with Crippen LogP contribution in [0.4, 0.5) is 0 Å². The van der Waals surface area contributed by atoms with Crippen LogP contribution in [0.5, 0.6) is 0 Å². The van der Waals surface area contributed by atoms with E-state index in [4.69, 9.17) is 9.63 Å². The number of carbonyl (C=O) groups is 2. The number of thioether (sulfide) groups is 1. The first-order valence-electron chi connectivity index (χ1n) is 5.08. The zero-order valence-electron chi connectivity index (χ0n) is 8.88. The molecular weight excluding hydrogens is 246 g/mol. The maximum Gasteiger partial charge on any atom is 0.315 e. The molecule has 1 amide bonds. The van der Waals surface area contributed by atoms with E-state index >= 15 is 0 Å². The molecule has 8 heteroatoms. The van der Waals surface area contributed by atoms with Gasteiger partial charge >= 0.3 is 17.8 Å². The molecule has 92 valence electrons. The Kier molecular flexibility index (Phi) is 3.62. The lowest BCUT2D eigenvalue weighted by Crippen LogP contribution is -2.25. The number of rotatable bonds is 6. The summed E-state index contributed by atoms with van der Waals surface area (Å²) < 4.78 is 4.78. The van der Waals surface area contributed by atoms with Crippen molar-refractivity contribution < 1.29 is 19.2 Å². The van der Waals surface area contributed by atoms with Gasteiger partial charge in [0, 0.05) is 6.04 Å². The van der Waals surface area contributed by atoms with E-state index in [9.17, 15) is 9.59 Å². The van der Waals surface area contributed by atoms with E-state index in [2.05, 4.69) is 15.5 Å². The van der Waals surface area contributed by atoms with Crippen LogP contribution in [0.1, 0.15) is 29.4 Å². The zero-order chi connectivity index (χ0) is 12.3. The molecule has 1 fully saturated rings.